The lowest BCUT2D eigenvalue weighted by Gasteiger charge is -2.48. The molecule has 0 amide bonds. The zero-order valence-corrected chi connectivity index (χ0v) is 32.0. The van der Waals surface area contributed by atoms with Crippen molar-refractivity contribution in [1.29, 1.82) is 0 Å². The zero-order valence-electron chi connectivity index (χ0n) is 29.3. The van der Waals surface area contributed by atoms with Crippen LogP contribution < -0.4 is 0 Å². The number of hydrogen-bond donors (Lipinski definition) is 6. The summed E-state index contributed by atoms with van der Waals surface area (Å²) in [6.07, 6.45) is -14.7. The van der Waals surface area contributed by atoms with Crippen molar-refractivity contribution < 1.29 is 114 Å². The van der Waals surface area contributed by atoms with E-state index in [9.17, 15) is 57.1 Å². The van der Waals surface area contributed by atoms with Crippen molar-refractivity contribution in [2.24, 2.45) is 0 Å². The molecule has 9 atom stereocenters. The lowest BCUT2D eigenvalue weighted by molar-refractivity contribution is -0.241. The monoisotopic (exact) mass is 846 g/mol. The molecule has 0 radical (unpaired) electrons. The van der Waals surface area contributed by atoms with Crippen molar-refractivity contribution in [3.8, 4) is 0 Å². The Hall–Kier alpha value is -2.85. The molecule has 27 heteroatoms. The summed E-state index contributed by atoms with van der Waals surface area (Å²) >= 11 is 0. The summed E-state index contributed by atoms with van der Waals surface area (Å²) < 4.78 is 84.2. The first-order chi connectivity index (χ1) is 25.1. The number of carbonyl (C=O) groups is 6. The predicted molar refractivity (Wildman–Crippen MR) is 173 cm³/mol. The summed E-state index contributed by atoms with van der Waals surface area (Å²) in [6, 6.07) is 0. The van der Waals surface area contributed by atoms with Gasteiger partial charge < -0.3 is 44.2 Å². The minimum absolute atomic E-state index is 0.156. The summed E-state index contributed by atoms with van der Waals surface area (Å²) in [5, 5.41) is 27.0. The largest absolute Gasteiger partial charge is 0.480 e. The van der Waals surface area contributed by atoms with Gasteiger partial charge in [0, 0.05) is 19.3 Å². The van der Waals surface area contributed by atoms with Crippen molar-refractivity contribution in [2.75, 3.05) is 19.8 Å². The highest BCUT2D eigenvalue weighted by atomic mass is 31.2. The Bertz CT molecular complexity index is 1360. The Kier molecular flexibility index (Phi) is 21.2. The molecular formula is C27H45O24P3. The molecule has 1 saturated carbocycles. The molecule has 5 unspecified atom stereocenters. The second-order valence-corrected chi connectivity index (χ2v) is 15.5. The van der Waals surface area contributed by atoms with E-state index in [0.29, 0.717) is 19.3 Å². The number of ether oxygens (including phenoxy) is 3. The highest BCUT2D eigenvalue weighted by Crippen LogP contribution is 2.55. The zero-order chi connectivity index (χ0) is 41.3. The number of carboxylic acid groups (broad SMARTS) is 3. The molecule has 1 aliphatic rings. The predicted octanol–water partition coefficient (Wildman–Crippen LogP) is 2.07. The molecule has 0 aromatic carbocycles. The Balaban J connectivity index is 4.26. The van der Waals surface area contributed by atoms with Gasteiger partial charge in [-0.2, -0.15) is 0 Å². The van der Waals surface area contributed by atoms with Gasteiger partial charge in [-0.1, -0.05) is 40.0 Å². The quantitative estimate of drug-likeness (QED) is 0.0391. The maximum absolute atomic E-state index is 13.1. The number of phosphoric acid groups is 3. The normalized spacial score (nSPS) is 24.6. The molecule has 0 bridgehead atoms. The van der Waals surface area contributed by atoms with Crippen molar-refractivity contribution in [2.45, 2.75) is 115 Å². The third kappa shape index (κ3) is 18.7. The molecule has 0 saturated heterocycles. The molecule has 0 aromatic rings. The topological polar surface area (TPSA) is 358 Å². The first-order valence-corrected chi connectivity index (χ1v) is 20.8. The summed E-state index contributed by atoms with van der Waals surface area (Å²) in [6.45, 7) is 0.413. The highest BCUT2D eigenvalue weighted by molar-refractivity contribution is 7.48. The standard InChI is InChI=1S/C27H45O24P3/c1-4-7-10-19(34)46-22-23(47-20(35)11-8-5-2)25(49-52(37,38)43-13-16(28)29)27(51-54(41,42)45-15-18(32)33)26(24(22)48-21(36)12-9-6-3)50-53(39,40)44-14-17(30)31/h22-27H,4-15H2,1-3H3,(H,28,29)(H,30,31)(H,32,33)(H,37,38)(H,39,40)(H,41,42)/t22?,23-,24+,25-,26-,27?/m0/s1. The van der Waals surface area contributed by atoms with E-state index < -0.39 is 129 Å². The Morgan fingerprint density at radius 1 is 0.444 bits per heavy atom. The molecule has 1 rings (SSSR count). The van der Waals surface area contributed by atoms with E-state index in [1.807, 2.05) is 0 Å². The molecular weight excluding hydrogens is 801 g/mol. The minimum atomic E-state index is -5.84. The van der Waals surface area contributed by atoms with Crippen molar-refractivity contribution in [3.63, 3.8) is 0 Å². The van der Waals surface area contributed by atoms with E-state index in [-0.39, 0.29) is 25.7 Å². The number of unbranched alkanes of at least 4 members (excludes halogenated alkanes) is 3. The molecule has 24 nitrogen and oxygen atoms in total. The van der Waals surface area contributed by atoms with Gasteiger partial charge in [-0.15, -0.1) is 0 Å². The Morgan fingerprint density at radius 2 is 0.667 bits per heavy atom. The van der Waals surface area contributed by atoms with Crippen LogP contribution in [0.4, 0.5) is 0 Å². The van der Waals surface area contributed by atoms with Crippen LogP contribution in [0.25, 0.3) is 0 Å². The maximum Gasteiger partial charge on any atom is 0.473 e. The van der Waals surface area contributed by atoms with E-state index in [1.54, 1.807) is 20.8 Å². The van der Waals surface area contributed by atoms with Gasteiger partial charge in [-0.05, 0) is 19.3 Å². The average Bonchev–Trinajstić information content (AvgIpc) is 3.07. The van der Waals surface area contributed by atoms with Crippen LogP contribution in [0.1, 0.15) is 78.6 Å². The van der Waals surface area contributed by atoms with Crippen LogP contribution in [-0.4, -0.2) is 122 Å². The lowest BCUT2D eigenvalue weighted by Crippen LogP contribution is -2.68. The van der Waals surface area contributed by atoms with Crippen LogP contribution in [-0.2, 0) is 83.8 Å². The summed E-state index contributed by atoms with van der Waals surface area (Å²) in [5.41, 5.74) is 0. The smallest absolute Gasteiger partial charge is 0.473 e. The molecule has 1 fully saturated rings. The van der Waals surface area contributed by atoms with E-state index in [4.69, 9.17) is 43.1 Å². The Labute approximate surface area is 308 Å². The number of hydrogen-bond acceptors (Lipinski definition) is 18. The number of carbonyl (C=O) groups excluding carboxylic acids is 3. The van der Waals surface area contributed by atoms with E-state index >= 15 is 0 Å². The Morgan fingerprint density at radius 3 is 0.889 bits per heavy atom. The summed E-state index contributed by atoms with van der Waals surface area (Å²) in [4.78, 5) is 104. The van der Waals surface area contributed by atoms with Crippen LogP contribution in [0, 0.1) is 0 Å². The van der Waals surface area contributed by atoms with Gasteiger partial charge in [-0.3, -0.25) is 41.5 Å². The SMILES string of the molecule is CCCCC(=O)OC1[C@@H](OC(=O)CCCC)[C@H](OP(=O)(O)OCC(=O)O)C(OP(=O)(O)OCC(=O)O)[C@@H](OP(=O)(O)OCC(=O)O)[C@H]1OC(=O)CCCC. The summed E-state index contributed by atoms with van der Waals surface area (Å²) in [5.74, 6) is -8.94. The van der Waals surface area contributed by atoms with Crippen molar-refractivity contribution in [3.05, 3.63) is 0 Å². The second kappa shape index (κ2) is 23.3. The number of rotatable bonds is 27. The highest BCUT2D eigenvalue weighted by Gasteiger charge is 2.62. The second-order valence-electron chi connectivity index (χ2n) is 11.3. The lowest BCUT2D eigenvalue weighted by atomic mass is 9.84. The first kappa shape index (κ1) is 49.2. The van der Waals surface area contributed by atoms with Gasteiger partial charge in [0.05, 0.1) is 0 Å². The number of aliphatic carboxylic acids is 3. The van der Waals surface area contributed by atoms with Crippen LogP contribution >= 0.6 is 23.5 Å². The summed E-state index contributed by atoms with van der Waals surface area (Å²) in [7, 11) is -17.4. The van der Waals surface area contributed by atoms with Gasteiger partial charge in [0.1, 0.15) is 18.3 Å². The van der Waals surface area contributed by atoms with Crippen LogP contribution in [0.3, 0.4) is 0 Å². The van der Waals surface area contributed by atoms with Gasteiger partial charge in [0.15, 0.2) is 38.1 Å². The van der Waals surface area contributed by atoms with Gasteiger partial charge in [0.25, 0.3) is 0 Å². The third-order valence-corrected chi connectivity index (χ3v) is 9.66. The molecule has 0 aliphatic heterocycles. The fraction of sp³-hybridized carbons (Fsp3) is 0.778. The average molecular weight is 847 g/mol. The number of esters is 3. The molecule has 54 heavy (non-hydrogen) atoms. The van der Waals surface area contributed by atoms with E-state index in [0.717, 1.165) is 0 Å². The van der Waals surface area contributed by atoms with E-state index in [2.05, 4.69) is 13.6 Å². The molecule has 1 aliphatic carbocycles. The molecule has 0 aromatic heterocycles. The molecule has 6 N–H and O–H groups in total. The number of carboxylic acids is 3. The minimum Gasteiger partial charge on any atom is -0.480 e. The maximum atomic E-state index is 13.1. The molecule has 0 spiro atoms. The molecule has 0 heterocycles. The molecule has 312 valence electrons. The van der Waals surface area contributed by atoms with Gasteiger partial charge in [-0.25, -0.2) is 28.1 Å². The van der Waals surface area contributed by atoms with Crippen molar-refractivity contribution >= 4 is 59.3 Å². The van der Waals surface area contributed by atoms with Gasteiger partial charge in [0.2, 0.25) is 0 Å². The van der Waals surface area contributed by atoms with Gasteiger partial charge >= 0.3 is 59.3 Å². The fourth-order valence-electron chi connectivity index (χ4n) is 4.44. The van der Waals surface area contributed by atoms with Crippen LogP contribution in [0.15, 0.2) is 0 Å². The van der Waals surface area contributed by atoms with E-state index in [1.165, 1.54) is 0 Å². The third-order valence-electron chi connectivity index (χ3n) is 6.77. The van der Waals surface area contributed by atoms with Crippen LogP contribution in [0.5, 0.6) is 0 Å². The van der Waals surface area contributed by atoms with Crippen LogP contribution in [0.2, 0.25) is 0 Å². The van der Waals surface area contributed by atoms with Crippen molar-refractivity contribution in [1.82, 2.24) is 0 Å². The first-order valence-electron chi connectivity index (χ1n) is 16.3. The number of phosphoric ester groups is 3. The fourth-order valence-corrected chi connectivity index (χ4v) is 7.09.